The van der Waals surface area contributed by atoms with Gasteiger partial charge in [-0.15, -0.1) is 0 Å². The molecule has 6 heteroatoms. The second-order valence-electron chi connectivity index (χ2n) is 1.68. The average Bonchev–Trinajstić information content (AvgIpc) is 2.63. The van der Waals surface area contributed by atoms with Crippen LogP contribution < -0.4 is 0 Å². The summed E-state index contributed by atoms with van der Waals surface area (Å²) >= 11 is 0. The maximum atomic E-state index is 9.85. The largest absolute Gasteiger partial charge is 0.367 e. The molecule has 0 fully saturated rings. The van der Waals surface area contributed by atoms with Crippen LogP contribution in [-0.2, 0) is 0 Å². The molecule has 0 saturated carbocycles. The zero-order valence-corrected chi connectivity index (χ0v) is 5.91. The minimum atomic E-state index is -0.407. The highest BCUT2D eigenvalue weighted by Gasteiger charge is 1.92. The number of hydrogen-bond donors (Lipinski definition) is 0. The van der Waals surface area contributed by atoms with Crippen molar-refractivity contribution >= 4 is 36.9 Å². The first kappa shape index (κ1) is 8.12. The van der Waals surface area contributed by atoms with Crippen molar-refractivity contribution in [2.45, 2.75) is 0 Å². The van der Waals surface area contributed by atoms with E-state index in [2.05, 4.69) is 20.0 Å². The van der Waals surface area contributed by atoms with Crippen LogP contribution in [-0.4, -0.2) is 36.9 Å². The molecule has 0 bridgehead atoms. The molecule has 4 amide bonds. The number of rotatable bonds is 0. The molecule has 2 heterocycles. The zero-order chi connectivity index (χ0) is 8.81. The van der Waals surface area contributed by atoms with Crippen molar-refractivity contribution in [1.82, 2.24) is 0 Å². The molecule has 2 aliphatic rings. The second kappa shape index (κ2) is 4.02. The summed E-state index contributed by atoms with van der Waals surface area (Å²) in [6.07, 6.45) is 5.45. The molecule has 0 atom stereocenters. The van der Waals surface area contributed by atoms with Gasteiger partial charge >= 0.3 is 12.1 Å². The van der Waals surface area contributed by atoms with E-state index in [-0.39, 0.29) is 0 Å². The molecule has 0 aromatic heterocycles. The van der Waals surface area contributed by atoms with Crippen molar-refractivity contribution in [3.8, 4) is 0 Å². The fourth-order valence-electron chi connectivity index (χ4n) is 0.455. The summed E-state index contributed by atoms with van der Waals surface area (Å²) in [5, 5.41) is 0. The topological polar surface area (TPSA) is 83.6 Å². The van der Waals surface area contributed by atoms with E-state index in [9.17, 15) is 9.59 Å². The molecule has 0 spiro atoms. The van der Waals surface area contributed by atoms with Crippen molar-refractivity contribution < 1.29 is 9.59 Å². The number of carbonyl (C=O) groups is 2. The van der Waals surface area contributed by atoms with Gasteiger partial charge in [-0.25, -0.2) is 9.59 Å². The first-order chi connectivity index (χ1) is 5.79. The Balaban J connectivity index is 0.000000120. The number of carbonyl (C=O) groups excluding carboxylic acids is 2. The van der Waals surface area contributed by atoms with Crippen LogP contribution in [0.15, 0.2) is 20.0 Å². The fraction of sp³-hybridized carbons (Fsp3) is 0. The smallest absolute Gasteiger partial charge is 0.244 e. The van der Waals surface area contributed by atoms with Gasteiger partial charge in [0.1, 0.15) is 0 Å². The predicted octanol–water partition coefficient (Wildman–Crippen LogP) is 0.523. The Morgan fingerprint density at radius 3 is 1.00 bits per heavy atom. The fourth-order valence-corrected chi connectivity index (χ4v) is 0.455. The van der Waals surface area contributed by atoms with Gasteiger partial charge in [-0.3, -0.25) is 0 Å². The van der Waals surface area contributed by atoms with E-state index in [0.29, 0.717) is 0 Å². The third-order valence-corrected chi connectivity index (χ3v) is 0.873. The van der Waals surface area contributed by atoms with Gasteiger partial charge in [-0.2, -0.15) is 20.0 Å². The maximum absolute atomic E-state index is 9.85. The maximum Gasteiger partial charge on any atom is 0.367 e. The van der Waals surface area contributed by atoms with Crippen LogP contribution in [0.1, 0.15) is 0 Å². The molecular weight excluding hydrogens is 160 g/mol. The normalized spacial score (nSPS) is 17.0. The van der Waals surface area contributed by atoms with Crippen molar-refractivity contribution in [2.24, 2.45) is 20.0 Å². The summed E-state index contributed by atoms with van der Waals surface area (Å²) in [4.78, 5) is 32.7. The van der Waals surface area contributed by atoms with Crippen LogP contribution in [0.2, 0.25) is 0 Å². The first-order valence-electron chi connectivity index (χ1n) is 3.00. The van der Waals surface area contributed by atoms with E-state index in [1.54, 1.807) is 0 Å². The number of urea groups is 2. The molecule has 60 valence electrons. The van der Waals surface area contributed by atoms with E-state index in [1.807, 2.05) is 0 Å². The van der Waals surface area contributed by atoms with Crippen molar-refractivity contribution in [1.29, 1.82) is 0 Å². The van der Waals surface area contributed by atoms with Gasteiger partial charge in [-0.05, 0) is 0 Å². The highest BCUT2D eigenvalue weighted by molar-refractivity contribution is 6.25. The van der Waals surface area contributed by atoms with Gasteiger partial charge in [0, 0.05) is 0 Å². The van der Waals surface area contributed by atoms with Gasteiger partial charge in [0.05, 0.1) is 24.9 Å². The van der Waals surface area contributed by atoms with Crippen molar-refractivity contribution in [3.05, 3.63) is 0 Å². The van der Waals surface area contributed by atoms with Gasteiger partial charge in [0.2, 0.25) is 0 Å². The monoisotopic (exact) mass is 164 g/mol. The Kier molecular flexibility index (Phi) is 2.72. The molecular formula is C6H4N4O2. The summed E-state index contributed by atoms with van der Waals surface area (Å²) in [5.74, 6) is 0. The molecule has 0 aromatic rings. The zero-order valence-electron chi connectivity index (χ0n) is 5.91. The molecule has 2 rings (SSSR count). The highest BCUT2D eigenvalue weighted by atomic mass is 16.2. The Morgan fingerprint density at radius 2 is 0.917 bits per heavy atom. The molecule has 0 radical (unpaired) electrons. The molecule has 12 heavy (non-hydrogen) atoms. The summed E-state index contributed by atoms with van der Waals surface area (Å²) < 4.78 is 0. The lowest BCUT2D eigenvalue weighted by molar-refractivity contribution is 0.257. The van der Waals surface area contributed by atoms with Crippen LogP contribution in [0.4, 0.5) is 9.59 Å². The summed E-state index contributed by atoms with van der Waals surface area (Å²) in [6.45, 7) is 0. The first-order valence-corrected chi connectivity index (χ1v) is 3.00. The molecule has 0 saturated heterocycles. The molecule has 0 aromatic carbocycles. The standard InChI is InChI=1S/2C3H2N2O/c2*6-3-4-1-2-5-3/h2*1-2H. The Labute approximate surface area is 67.5 Å². The van der Waals surface area contributed by atoms with Gasteiger partial charge in [0.15, 0.2) is 0 Å². The van der Waals surface area contributed by atoms with Crippen LogP contribution in [0.25, 0.3) is 0 Å². The average molecular weight is 164 g/mol. The van der Waals surface area contributed by atoms with Gasteiger partial charge < -0.3 is 0 Å². The van der Waals surface area contributed by atoms with E-state index in [1.165, 1.54) is 24.9 Å². The summed E-state index contributed by atoms with van der Waals surface area (Å²) in [5.41, 5.74) is 0. The van der Waals surface area contributed by atoms with Crippen LogP contribution >= 0.6 is 0 Å². The molecule has 0 N–H and O–H groups in total. The quantitative estimate of drug-likeness (QED) is 0.522. The van der Waals surface area contributed by atoms with Crippen LogP contribution in [0.5, 0.6) is 0 Å². The van der Waals surface area contributed by atoms with Crippen LogP contribution in [0, 0.1) is 0 Å². The third kappa shape index (κ3) is 2.74. The summed E-state index contributed by atoms with van der Waals surface area (Å²) in [6, 6.07) is -0.815. The second-order valence-corrected chi connectivity index (χ2v) is 1.68. The van der Waals surface area contributed by atoms with Crippen molar-refractivity contribution in [2.75, 3.05) is 0 Å². The molecule has 2 aliphatic heterocycles. The molecule has 6 nitrogen and oxygen atoms in total. The van der Waals surface area contributed by atoms with Gasteiger partial charge in [0.25, 0.3) is 0 Å². The lowest BCUT2D eigenvalue weighted by atomic mass is 10.9. The number of amides is 4. The van der Waals surface area contributed by atoms with E-state index in [0.717, 1.165) is 0 Å². The Morgan fingerprint density at radius 1 is 0.667 bits per heavy atom. The third-order valence-electron chi connectivity index (χ3n) is 0.873. The number of nitrogens with zero attached hydrogens (tertiary/aromatic N) is 4. The minimum Gasteiger partial charge on any atom is -0.244 e. The minimum absolute atomic E-state index is 0.407. The lowest BCUT2D eigenvalue weighted by Gasteiger charge is -1.62. The number of aliphatic imine (C=N–C) groups is 4. The van der Waals surface area contributed by atoms with Crippen LogP contribution in [0.3, 0.4) is 0 Å². The highest BCUT2D eigenvalue weighted by Crippen LogP contribution is 1.82. The SMILES string of the molecule is O=C1N=CC=N1.O=C1N=CC=N1. The van der Waals surface area contributed by atoms with E-state index >= 15 is 0 Å². The van der Waals surface area contributed by atoms with Gasteiger partial charge in [-0.1, -0.05) is 0 Å². The summed E-state index contributed by atoms with van der Waals surface area (Å²) in [7, 11) is 0. The van der Waals surface area contributed by atoms with E-state index in [4.69, 9.17) is 0 Å². The lowest BCUT2D eigenvalue weighted by Crippen LogP contribution is -1.70. The van der Waals surface area contributed by atoms with E-state index < -0.39 is 12.1 Å². The Hall–Kier alpha value is -1.98. The predicted molar refractivity (Wildman–Crippen MR) is 44.8 cm³/mol. The number of hydrogen-bond acceptors (Lipinski definition) is 2. The molecule has 0 aliphatic carbocycles. The van der Waals surface area contributed by atoms with Crippen molar-refractivity contribution in [3.63, 3.8) is 0 Å². The molecule has 0 unspecified atom stereocenters. The Bertz CT molecular complexity index is 254.